The summed E-state index contributed by atoms with van der Waals surface area (Å²) in [5, 5.41) is 1.64. The summed E-state index contributed by atoms with van der Waals surface area (Å²) >= 11 is 7.37. The highest BCUT2D eigenvalue weighted by atomic mass is 35.5. The molecule has 0 radical (unpaired) electrons. The Morgan fingerprint density at radius 3 is 2.62 bits per heavy atom. The van der Waals surface area contributed by atoms with E-state index in [-0.39, 0.29) is 11.5 Å². The molecule has 1 fully saturated rings. The number of carbonyl (C=O) groups excluding carboxylic acids is 1. The first kappa shape index (κ1) is 20.0. The minimum atomic E-state index is -0.256. The highest BCUT2D eigenvalue weighted by Gasteiger charge is 2.20. The molecular formula is C22H22ClN3O2S. The quantitative estimate of drug-likeness (QED) is 0.444. The maximum atomic E-state index is 13.1. The van der Waals surface area contributed by atoms with Gasteiger partial charge in [0.2, 0.25) is 5.91 Å². The monoisotopic (exact) mass is 427 g/mol. The number of halogens is 1. The second-order valence-corrected chi connectivity index (χ2v) is 8.74. The Bertz CT molecular complexity index is 1080. The zero-order chi connectivity index (χ0) is 20.2. The number of nitrogens with zero attached hydrogens (tertiary/aromatic N) is 2. The molecule has 5 nitrogen and oxygen atoms in total. The van der Waals surface area contributed by atoms with E-state index in [1.54, 1.807) is 12.1 Å². The third-order valence-electron chi connectivity index (χ3n) is 5.21. The van der Waals surface area contributed by atoms with Gasteiger partial charge in [0.1, 0.15) is 0 Å². The first-order valence-corrected chi connectivity index (χ1v) is 11.2. The predicted molar refractivity (Wildman–Crippen MR) is 118 cm³/mol. The van der Waals surface area contributed by atoms with Crippen LogP contribution in [-0.4, -0.2) is 15.6 Å². The molecule has 150 valence electrons. The van der Waals surface area contributed by atoms with Crippen molar-refractivity contribution >= 4 is 40.2 Å². The molecule has 0 saturated heterocycles. The zero-order valence-electron chi connectivity index (χ0n) is 15.9. The van der Waals surface area contributed by atoms with Crippen LogP contribution in [-0.2, 0) is 10.5 Å². The van der Waals surface area contributed by atoms with Crippen molar-refractivity contribution in [3.8, 4) is 0 Å². The number of nitrogens with one attached hydrogen (secondary N) is 1. The molecule has 1 heterocycles. The summed E-state index contributed by atoms with van der Waals surface area (Å²) in [5.74, 6) is 0.884. The topological polar surface area (TPSA) is 64.0 Å². The highest BCUT2D eigenvalue weighted by Crippen LogP contribution is 2.28. The third-order valence-corrected chi connectivity index (χ3v) is 6.47. The van der Waals surface area contributed by atoms with Gasteiger partial charge in [-0.1, -0.05) is 60.5 Å². The van der Waals surface area contributed by atoms with Gasteiger partial charge in [-0.2, -0.15) is 4.68 Å². The molecule has 4 rings (SSSR count). The Balaban J connectivity index is 1.61. The molecular weight excluding hydrogens is 406 g/mol. The number of carbonyl (C=O) groups is 1. The van der Waals surface area contributed by atoms with Gasteiger partial charge in [-0.15, -0.1) is 0 Å². The summed E-state index contributed by atoms with van der Waals surface area (Å²) in [5.41, 5.74) is 4.23. The summed E-state index contributed by atoms with van der Waals surface area (Å²) in [7, 11) is 0. The first-order chi connectivity index (χ1) is 14.1. The van der Waals surface area contributed by atoms with Crippen LogP contribution in [0.15, 0.2) is 58.5 Å². The van der Waals surface area contributed by atoms with E-state index in [2.05, 4.69) is 10.4 Å². The van der Waals surface area contributed by atoms with Crippen LogP contribution in [0.25, 0.3) is 10.9 Å². The van der Waals surface area contributed by atoms with Crippen molar-refractivity contribution in [3.63, 3.8) is 0 Å². The molecule has 3 aromatic rings. The van der Waals surface area contributed by atoms with Crippen LogP contribution < -0.4 is 11.0 Å². The summed E-state index contributed by atoms with van der Waals surface area (Å²) in [6.45, 7) is 0. The number of hydrogen-bond acceptors (Lipinski definition) is 4. The zero-order valence-corrected chi connectivity index (χ0v) is 17.5. The van der Waals surface area contributed by atoms with Crippen LogP contribution in [0.2, 0.25) is 5.02 Å². The van der Waals surface area contributed by atoms with Crippen molar-refractivity contribution in [2.75, 3.05) is 5.43 Å². The standard InChI is InChI=1S/C22H22ClN3O2S/c23-17-11-9-16(10-12-17)14-29-22-24-19-8-4-3-7-18(19)21(28)26(22)25-20(27)13-15-5-1-2-6-15/h3-4,7-12,15H,1-2,5-6,13-14H2,(H,25,27). The minimum Gasteiger partial charge on any atom is -0.273 e. The summed E-state index contributed by atoms with van der Waals surface area (Å²) in [6.07, 6.45) is 4.96. The van der Waals surface area contributed by atoms with Crippen LogP contribution in [0.1, 0.15) is 37.7 Å². The summed E-state index contributed by atoms with van der Waals surface area (Å²) < 4.78 is 1.31. The number of amides is 1. The predicted octanol–water partition coefficient (Wildman–Crippen LogP) is 4.99. The molecule has 1 aliphatic rings. The van der Waals surface area contributed by atoms with E-state index in [1.165, 1.54) is 29.3 Å². The number of benzene rings is 2. The van der Waals surface area contributed by atoms with Crippen molar-refractivity contribution in [2.24, 2.45) is 5.92 Å². The Hall–Kier alpha value is -2.31. The molecule has 0 bridgehead atoms. The van der Waals surface area contributed by atoms with E-state index >= 15 is 0 Å². The van der Waals surface area contributed by atoms with Gasteiger partial charge in [-0.05, 0) is 48.6 Å². The highest BCUT2D eigenvalue weighted by molar-refractivity contribution is 7.98. The van der Waals surface area contributed by atoms with Crippen LogP contribution in [0.3, 0.4) is 0 Å². The number of hydrogen-bond donors (Lipinski definition) is 1. The van der Waals surface area contributed by atoms with E-state index in [0.29, 0.717) is 39.2 Å². The summed E-state index contributed by atoms with van der Waals surface area (Å²) in [6, 6.07) is 14.8. The Morgan fingerprint density at radius 2 is 1.86 bits per heavy atom. The molecule has 0 unspecified atom stereocenters. The van der Waals surface area contributed by atoms with Gasteiger partial charge >= 0.3 is 0 Å². The SMILES string of the molecule is O=C(CC1CCCC1)Nn1c(SCc2ccc(Cl)cc2)nc2ccccc2c1=O. The Labute approximate surface area is 178 Å². The lowest BCUT2D eigenvalue weighted by Gasteiger charge is -2.15. The van der Waals surface area contributed by atoms with Crippen molar-refractivity contribution in [1.29, 1.82) is 0 Å². The molecule has 1 N–H and O–H groups in total. The Morgan fingerprint density at radius 1 is 1.14 bits per heavy atom. The van der Waals surface area contributed by atoms with E-state index in [4.69, 9.17) is 11.6 Å². The van der Waals surface area contributed by atoms with E-state index in [0.717, 1.165) is 18.4 Å². The molecule has 0 atom stereocenters. The molecule has 1 aromatic heterocycles. The molecule has 0 aliphatic heterocycles. The van der Waals surface area contributed by atoms with Gasteiger partial charge in [0.25, 0.3) is 5.56 Å². The van der Waals surface area contributed by atoms with Crippen LogP contribution in [0.5, 0.6) is 0 Å². The van der Waals surface area contributed by atoms with Gasteiger partial charge in [0, 0.05) is 17.2 Å². The lowest BCUT2D eigenvalue weighted by molar-refractivity contribution is -0.118. The van der Waals surface area contributed by atoms with E-state index in [1.807, 2.05) is 36.4 Å². The van der Waals surface area contributed by atoms with Crippen LogP contribution in [0.4, 0.5) is 0 Å². The smallest absolute Gasteiger partial charge is 0.273 e. The first-order valence-electron chi connectivity index (χ1n) is 9.79. The van der Waals surface area contributed by atoms with Gasteiger partial charge in [-0.3, -0.25) is 15.0 Å². The number of para-hydroxylation sites is 1. The van der Waals surface area contributed by atoms with Gasteiger partial charge in [0.15, 0.2) is 5.16 Å². The number of rotatable bonds is 6. The molecule has 7 heteroatoms. The normalized spacial score (nSPS) is 14.4. The largest absolute Gasteiger partial charge is 0.281 e. The maximum absolute atomic E-state index is 13.1. The van der Waals surface area contributed by atoms with Gasteiger partial charge in [0.05, 0.1) is 10.9 Å². The third kappa shape index (κ3) is 4.82. The molecule has 1 amide bonds. The number of thioether (sulfide) groups is 1. The number of aromatic nitrogens is 2. The fourth-order valence-corrected chi connectivity index (χ4v) is 4.72. The van der Waals surface area contributed by atoms with E-state index in [9.17, 15) is 9.59 Å². The average molecular weight is 428 g/mol. The van der Waals surface area contributed by atoms with Crippen molar-refractivity contribution < 1.29 is 4.79 Å². The fourth-order valence-electron chi connectivity index (χ4n) is 3.68. The molecule has 1 aliphatic carbocycles. The maximum Gasteiger partial charge on any atom is 0.281 e. The van der Waals surface area contributed by atoms with Crippen LogP contribution in [0, 0.1) is 5.92 Å². The minimum absolute atomic E-state index is 0.135. The average Bonchev–Trinajstić information content (AvgIpc) is 3.23. The lowest BCUT2D eigenvalue weighted by Crippen LogP contribution is -2.35. The molecule has 0 spiro atoms. The molecule has 1 saturated carbocycles. The van der Waals surface area contributed by atoms with Crippen molar-refractivity contribution in [1.82, 2.24) is 9.66 Å². The van der Waals surface area contributed by atoms with Crippen molar-refractivity contribution in [3.05, 3.63) is 69.5 Å². The van der Waals surface area contributed by atoms with Crippen molar-refractivity contribution in [2.45, 2.75) is 43.0 Å². The second kappa shape index (κ2) is 9.01. The summed E-state index contributed by atoms with van der Waals surface area (Å²) in [4.78, 5) is 30.3. The van der Waals surface area contributed by atoms with Gasteiger partial charge < -0.3 is 0 Å². The van der Waals surface area contributed by atoms with E-state index < -0.39 is 0 Å². The lowest BCUT2D eigenvalue weighted by atomic mass is 10.0. The van der Waals surface area contributed by atoms with Gasteiger partial charge in [-0.25, -0.2) is 4.98 Å². The molecule has 29 heavy (non-hydrogen) atoms. The fraction of sp³-hybridized carbons (Fsp3) is 0.318. The number of fused-ring (bicyclic) bond motifs is 1. The van der Waals surface area contributed by atoms with Crippen LogP contribution >= 0.6 is 23.4 Å². The molecule has 2 aromatic carbocycles. The second-order valence-electron chi connectivity index (χ2n) is 7.36. The Kier molecular flexibility index (Phi) is 6.21.